The number of anilines is 2. The minimum Gasteiger partial charge on any atom is -0.369 e. The lowest BCUT2D eigenvalue weighted by atomic mass is 10.0. The molecule has 0 spiro atoms. The van der Waals surface area contributed by atoms with Gasteiger partial charge in [0.15, 0.2) is 5.82 Å². The highest BCUT2D eigenvalue weighted by Crippen LogP contribution is 2.36. The summed E-state index contributed by atoms with van der Waals surface area (Å²) >= 11 is 0. The van der Waals surface area contributed by atoms with E-state index in [1.807, 2.05) is 24.3 Å². The molecule has 2 aromatic carbocycles. The van der Waals surface area contributed by atoms with Gasteiger partial charge in [-0.3, -0.25) is 0 Å². The summed E-state index contributed by atoms with van der Waals surface area (Å²) in [5.41, 5.74) is 4.55. The zero-order valence-corrected chi connectivity index (χ0v) is 18.1. The molecule has 0 aromatic heterocycles. The van der Waals surface area contributed by atoms with E-state index in [0.29, 0.717) is 0 Å². The van der Waals surface area contributed by atoms with Gasteiger partial charge in [-0.1, -0.05) is 30.3 Å². The summed E-state index contributed by atoms with van der Waals surface area (Å²) < 4.78 is 17.0. The van der Waals surface area contributed by atoms with Crippen molar-refractivity contribution in [2.75, 3.05) is 42.9 Å². The van der Waals surface area contributed by atoms with Crippen molar-refractivity contribution in [1.82, 2.24) is 19.9 Å². The number of rotatable bonds is 3. The fourth-order valence-corrected chi connectivity index (χ4v) is 4.57. The van der Waals surface area contributed by atoms with Gasteiger partial charge in [-0.25, -0.2) is 14.4 Å². The molecule has 0 aliphatic carbocycles. The molecule has 4 aliphatic heterocycles. The molecule has 0 amide bonds. The number of aromatic nitrogens is 3. The van der Waals surface area contributed by atoms with Crippen LogP contribution in [0, 0.1) is 5.82 Å². The molecule has 2 N–H and O–H groups in total. The zero-order valence-electron chi connectivity index (χ0n) is 18.1. The number of hydrogen-bond donors (Lipinski definition) is 2. The highest BCUT2D eigenvalue weighted by Gasteiger charge is 2.22. The molecule has 0 bridgehead atoms. The highest BCUT2D eigenvalue weighted by molar-refractivity contribution is 5.82. The Balaban J connectivity index is 1.40. The van der Waals surface area contributed by atoms with Crippen molar-refractivity contribution in [2.45, 2.75) is 6.54 Å². The Bertz CT molecular complexity index is 1340. The third kappa shape index (κ3) is 3.72. The van der Waals surface area contributed by atoms with Crippen LogP contribution in [0.15, 0.2) is 65.8 Å². The van der Waals surface area contributed by atoms with E-state index in [1.165, 1.54) is 0 Å². The van der Waals surface area contributed by atoms with Gasteiger partial charge in [-0.2, -0.15) is 4.98 Å². The summed E-state index contributed by atoms with van der Waals surface area (Å²) in [6, 6.07) is 17.5. The number of hydrogen-bond acceptors (Lipinski definition) is 6. The number of pyridine rings is 1. The normalized spacial score (nSPS) is 16.2. The molecule has 6 rings (SSSR count). The van der Waals surface area contributed by atoms with Crippen LogP contribution in [-0.2, 0) is 6.54 Å². The minimum atomic E-state index is -0.367. The summed E-state index contributed by atoms with van der Waals surface area (Å²) in [7, 11) is 0. The Hall–Kier alpha value is -3.78. The van der Waals surface area contributed by atoms with E-state index in [2.05, 4.69) is 48.3 Å². The van der Waals surface area contributed by atoms with Gasteiger partial charge in [-0.15, -0.1) is 0 Å². The molecule has 33 heavy (non-hydrogen) atoms. The number of halogens is 1. The van der Waals surface area contributed by atoms with Crippen molar-refractivity contribution < 1.29 is 4.39 Å². The molecule has 0 atom stereocenters. The van der Waals surface area contributed by atoms with E-state index in [1.54, 1.807) is 18.3 Å². The van der Waals surface area contributed by atoms with Crippen LogP contribution in [0.2, 0.25) is 0 Å². The first kappa shape index (κ1) is 19.9. The zero-order chi connectivity index (χ0) is 22.2. The lowest BCUT2D eigenvalue weighted by molar-refractivity contribution is 0.585. The molecule has 8 heteroatoms. The van der Waals surface area contributed by atoms with Crippen LogP contribution < -0.4 is 21.2 Å². The highest BCUT2D eigenvalue weighted by atomic mass is 19.1. The van der Waals surface area contributed by atoms with Crippen LogP contribution in [0.5, 0.6) is 0 Å². The monoisotopic (exact) mass is 441 g/mol. The van der Waals surface area contributed by atoms with Crippen LogP contribution in [-0.4, -0.2) is 47.3 Å². The van der Waals surface area contributed by atoms with Gasteiger partial charge in [0.05, 0.1) is 0 Å². The smallest absolute Gasteiger partial charge is 0.251 e. The van der Waals surface area contributed by atoms with Gasteiger partial charge in [0.25, 0.3) is 5.62 Å². The first-order valence-electron chi connectivity index (χ1n) is 11.3. The van der Waals surface area contributed by atoms with Gasteiger partial charge >= 0.3 is 0 Å². The number of nitrogens with zero attached hydrogens (tertiary/aromatic N) is 5. The Kier molecular flexibility index (Phi) is 4.99. The second-order valence-electron chi connectivity index (χ2n) is 8.28. The number of nitrogens with one attached hydrogen (secondary N) is 2. The second-order valence-corrected chi connectivity index (χ2v) is 8.28. The van der Waals surface area contributed by atoms with E-state index in [9.17, 15) is 4.39 Å². The van der Waals surface area contributed by atoms with Crippen LogP contribution in [0.4, 0.5) is 21.6 Å². The lowest BCUT2D eigenvalue weighted by Gasteiger charge is -2.29. The lowest BCUT2D eigenvalue weighted by Crippen LogP contribution is -2.43. The van der Waals surface area contributed by atoms with Crippen molar-refractivity contribution in [3.05, 3.63) is 72.2 Å². The van der Waals surface area contributed by atoms with Crippen LogP contribution >= 0.6 is 0 Å². The first-order valence-corrected chi connectivity index (χ1v) is 11.3. The summed E-state index contributed by atoms with van der Waals surface area (Å²) in [5, 5.41) is 6.79. The largest absolute Gasteiger partial charge is 0.369 e. The average molecular weight is 442 g/mol. The van der Waals surface area contributed by atoms with Gasteiger partial charge in [-0.05, 0) is 29.8 Å². The number of fused-ring (bicyclic) bond motifs is 3. The molecule has 4 heterocycles. The fourth-order valence-electron chi connectivity index (χ4n) is 4.57. The molecule has 0 unspecified atom stereocenters. The number of benzene rings is 2. The molecule has 0 radical (unpaired) electrons. The molecule has 1 fully saturated rings. The topological polar surface area (TPSA) is 70.4 Å². The van der Waals surface area contributed by atoms with Gasteiger partial charge in [0.1, 0.15) is 17.3 Å². The van der Waals surface area contributed by atoms with Gasteiger partial charge < -0.3 is 20.1 Å². The van der Waals surface area contributed by atoms with Crippen LogP contribution in [0.1, 0.15) is 0 Å². The quantitative estimate of drug-likeness (QED) is 0.511. The standard InChI is InChI=1S/C25H24FN7/c26-21-15-19(32-11-8-27-9-12-32)6-7-22(21)30-25-29-16-18-14-20(17-4-2-1-3-5-17)24-28-10-13-33(24)23(18)31-25/h1-7,14-16,27-28H,8-13H2. The van der Waals surface area contributed by atoms with Gasteiger partial charge in [0, 0.05) is 62.3 Å². The van der Waals surface area contributed by atoms with Crippen molar-refractivity contribution in [2.24, 2.45) is 4.99 Å². The molecular formula is C25H24FN7. The van der Waals surface area contributed by atoms with Gasteiger partial charge in [0.2, 0.25) is 0 Å². The third-order valence-electron chi connectivity index (χ3n) is 6.21. The fraction of sp³-hybridized carbons (Fsp3) is 0.240. The SMILES string of the molecule is Fc1cc(N2CCNCC2)ccc1N=c1ncc2cc(-c3ccccc3)c3n(c-2n1)CCN3. The Morgan fingerprint density at radius 1 is 0.909 bits per heavy atom. The second kappa shape index (κ2) is 8.29. The maximum atomic E-state index is 14.9. The molecule has 4 aliphatic rings. The minimum absolute atomic E-state index is 0.244. The maximum Gasteiger partial charge on any atom is 0.251 e. The summed E-state index contributed by atoms with van der Waals surface area (Å²) in [6.45, 7) is 5.17. The van der Waals surface area contributed by atoms with E-state index in [4.69, 9.17) is 4.98 Å². The molecule has 166 valence electrons. The third-order valence-corrected chi connectivity index (χ3v) is 6.21. The van der Waals surface area contributed by atoms with E-state index < -0.39 is 0 Å². The predicted molar refractivity (Wildman–Crippen MR) is 127 cm³/mol. The summed E-state index contributed by atoms with van der Waals surface area (Å²) in [6.07, 6.45) is 1.77. The number of piperazine rings is 1. The molecule has 7 nitrogen and oxygen atoms in total. The van der Waals surface area contributed by atoms with Crippen LogP contribution in [0.3, 0.4) is 0 Å². The van der Waals surface area contributed by atoms with Crippen molar-refractivity contribution >= 4 is 17.2 Å². The Morgan fingerprint density at radius 3 is 2.58 bits per heavy atom. The van der Waals surface area contributed by atoms with E-state index in [0.717, 1.165) is 73.3 Å². The molecule has 0 saturated carbocycles. The van der Waals surface area contributed by atoms with Crippen molar-refractivity contribution in [1.29, 1.82) is 0 Å². The van der Waals surface area contributed by atoms with E-state index >= 15 is 0 Å². The Morgan fingerprint density at radius 2 is 1.76 bits per heavy atom. The summed E-state index contributed by atoms with van der Waals surface area (Å²) in [5.74, 6) is 1.46. The average Bonchev–Trinajstić information content (AvgIpc) is 3.36. The maximum absolute atomic E-state index is 14.9. The van der Waals surface area contributed by atoms with E-state index in [-0.39, 0.29) is 17.1 Å². The van der Waals surface area contributed by atoms with Crippen molar-refractivity contribution in [3.8, 4) is 22.5 Å². The predicted octanol–water partition coefficient (Wildman–Crippen LogP) is 3.26. The summed E-state index contributed by atoms with van der Waals surface area (Å²) in [4.78, 5) is 15.7. The molecule has 1 saturated heterocycles. The molecular weight excluding hydrogens is 417 g/mol. The van der Waals surface area contributed by atoms with Crippen molar-refractivity contribution in [3.63, 3.8) is 0 Å². The molecule has 2 aromatic rings. The van der Waals surface area contributed by atoms with Crippen LogP contribution in [0.25, 0.3) is 22.5 Å². The first-order chi connectivity index (χ1) is 16.3. The Labute approximate surface area is 191 Å².